The third kappa shape index (κ3) is 4.94. The van der Waals surface area contributed by atoms with Gasteiger partial charge in [0, 0.05) is 25.0 Å². The highest BCUT2D eigenvalue weighted by Gasteiger charge is 2.17. The van der Waals surface area contributed by atoms with Crippen molar-refractivity contribution >= 4 is 5.91 Å². The van der Waals surface area contributed by atoms with E-state index in [0.717, 1.165) is 6.54 Å². The maximum atomic E-state index is 11.4. The van der Waals surface area contributed by atoms with Crippen LogP contribution in [0.3, 0.4) is 0 Å². The average molecular weight is 227 g/mol. The molecule has 0 aliphatic carbocycles. The lowest BCUT2D eigenvalue weighted by atomic mass is 10.1. The molecule has 3 N–H and O–H groups in total. The van der Waals surface area contributed by atoms with Gasteiger partial charge < -0.3 is 11.1 Å². The smallest absolute Gasteiger partial charge is 0.221 e. The lowest BCUT2D eigenvalue weighted by Crippen LogP contribution is -2.45. The molecule has 1 amide bonds. The van der Waals surface area contributed by atoms with E-state index in [-0.39, 0.29) is 11.9 Å². The van der Waals surface area contributed by atoms with Crippen molar-refractivity contribution in [2.75, 3.05) is 19.6 Å². The van der Waals surface area contributed by atoms with Crippen LogP contribution in [-0.4, -0.2) is 42.5 Å². The average Bonchev–Trinajstić information content (AvgIpc) is 2.26. The first kappa shape index (κ1) is 13.5. The molecule has 1 rings (SSSR count). The van der Waals surface area contributed by atoms with Crippen LogP contribution in [0.25, 0.3) is 0 Å². The van der Waals surface area contributed by atoms with Gasteiger partial charge in [0.2, 0.25) is 5.91 Å². The van der Waals surface area contributed by atoms with Gasteiger partial charge in [0.25, 0.3) is 0 Å². The number of hydrogen-bond acceptors (Lipinski definition) is 3. The summed E-state index contributed by atoms with van der Waals surface area (Å²) < 4.78 is 0. The fourth-order valence-electron chi connectivity index (χ4n) is 2.11. The van der Waals surface area contributed by atoms with E-state index >= 15 is 0 Å². The van der Waals surface area contributed by atoms with Gasteiger partial charge in [-0.25, -0.2) is 0 Å². The van der Waals surface area contributed by atoms with Gasteiger partial charge in [-0.15, -0.1) is 0 Å². The molecule has 1 aliphatic rings. The van der Waals surface area contributed by atoms with Crippen LogP contribution in [0, 0.1) is 0 Å². The number of likely N-dealkylation sites (tertiary alicyclic amines) is 1. The van der Waals surface area contributed by atoms with E-state index < -0.39 is 0 Å². The van der Waals surface area contributed by atoms with Gasteiger partial charge in [-0.1, -0.05) is 6.42 Å². The Morgan fingerprint density at radius 3 is 2.50 bits per heavy atom. The summed E-state index contributed by atoms with van der Waals surface area (Å²) in [6.45, 7) is 7.12. The van der Waals surface area contributed by atoms with E-state index in [2.05, 4.69) is 17.1 Å². The molecule has 1 fully saturated rings. The van der Waals surface area contributed by atoms with Crippen molar-refractivity contribution in [3.63, 3.8) is 0 Å². The summed E-state index contributed by atoms with van der Waals surface area (Å²) in [5.41, 5.74) is 5.57. The van der Waals surface area contributed by atoms with E-state index in [9.17, 15) is 4.79 Å². The van der Waals surface area contributed by atoms with Gasteiger partial charge in [0.15, 0.2) is 0 Å². The summed E-state index contributed by atoms with van der Waals surface area (Å²) in [7, 11) is 0. The van der Waals surface area contributed by atoms with Crippen LogP contribution in [0.5, 0.6) is 0 Å². The number of nitrogens with one attached hydrogen (secondary N) is 1. The van der Waals surface area contributed by atoms with Crippen LogP contribution in [-0.2, 0) is 4.79 Å². The van der Waals surface area contributed by atoms with Gasteiger partial charge >= 0.3 is 0 Å². The summed E-state index contributed by atoms with van der Waals surface area (Å²) in [6, 6.07) is 0.391. The molecule has 0 spiro atoms. The molecule has 94 valence electrons. The minimum Gasteiger partial charge on any atom is -0.354 e. The second-order valence-corrected chi connectivity index (χ2v) is 4.93. The number of nitrogens with two attached hydrogens (primary N) is 1. The number of amides is 1. The molecular weight excluding hydrogens is 202 g/mol. The third-order valence-corrected chi connectivity index (χ3v) is 3.12. The lowest BCUT2D eigenvalue weighted by molar-refractivity contribution is -0.121. The quantitative estimate of drug-likeness (QED) is 0.727. The standard InChI is InChI=1S/C12H25N3O/c1-10(13)8-12(16)14-9-11(2)15-6-4-3-5-7-15/h10-11H,3-9,13H2,1-2H3,(H,14,16). The van der Waals surface area contributed by atoms with Gasteiger partial charge in [-0.2, -0.15) is 0 Å². The molecular formula is C12H25N3O. The van der Waals surface area contributed by atoms with E-state index in [1.165, 1.54) is 32.4 Å². The van der Waals surface area contributed by atoms with Crippen molar-refractivity contribution in [1.29, 1.82) is 0 Å². The number of rotatable bonds is 5. The number of carbonyl (C=O) groups excluding carboxylic acids is 1. The first-order valence-electron chi connectivity index (χ1n) is 6.36. The molecule has 1 saturated heterocycles. The fourth-order valence-corrected chi connectivity index (χ4v) is 2.11. The summed E-state index contributed by atoms with van der Waals surface area (Å²) in [5.74, 6) is 0.0684. The molecule has 2 atom stereocenters. The number of hydrogen-bond donors (Lipinski definition) is 2. The maximum absolute atomic E-state index is 11.4. The Morgan fingerprint density at radius 1 is 1.31 bits per heavy atom. The number of piperidine rings is 1. The Morgan fingerprint density at radius 2 is 1.94 bits per heavy atom. The van der Waals surface area contributed by atoms with Crippen LogP contribution >= 0.6 is 0 Å². The summed E-state index contributed by atoms with van der Waals surface area (Å²) in [4.78, 5) is 13.9. The first-order valence-corrected chi connectivity index (χ1v) is 6.36. The number of carbonyl (C=O) groups is 1. The topological polar surface area (TPSA) is 58.4 Å². The van der Waals surface area contributed by atoms with E-state index in [0.29, 0.717) is 12.5 Å². The summed E-state index contributed by atoms with van der Waals surface area (Å²) in [5, 5.41) is 2.95. The van der Waals surface area contributed by atoms with Gasteiger partial charge in [-0.3, -0.25) is 9.69 Å². The van der Waals surface area contributed by atoms with Crippen LogP contribution in [0.1, 0.15) is 39.5 Å². The highest BCUT2D eigenvalue weighted by molar-refractivity contribution is 5.76. The van der Waals surface area contributed by atoms with Crippen LogP contribution in [0.15, 0.2) is 0 Å². The molecule has 0 aromatic carbocycles. The molecule has 0 aromatic heterocycles. The van der Waals surface area contributed by atoms with Crippen LogP contribution in [0.4, 0.5) is 0 Å². The lowest BCUT2D eigenvalue weighted by Gasteiger charge is -2.32. The molecule has 1 heterocycles. The Labute approximate surface area is 98.6 Å². The monoisotopic (exact) mass is 227 g/mol. The summed E-state index contributed by atoms with van der Waals surface area (Å²) >= 11 is 0. The Balaban J connectivity index is 2.18. The summed E-state index contributed by atoms with van der Waals surface area (Å²) in [6.07, 6.45) is 4.35. The Kier molecular flexibility index (Phi) is 5.77. The normalized spacial score (nSPS) is 21.4. The minimum absolute atomic E-state index is 0.0507. The van der Waals surface area contributed by atoms with E-state index in [1.54, 1.807) is 0 Å². The molecule has 0 aromatic rings. The Bertz CT molecular complexity index is 212. The van der Waals surface area contributed by atoms with E-state index in [4.69, 9.17) is 5.73 Å². The van der Waals surface area contributed by atoms with Gasteiger partial charge in [0.05, 0.1) is 0 Å². The van der Waals surface area contributed by atoms with Crippen molar-refractivity contribution in [3.05, 3.63) is 0 Å². The van der Waals surface area contributed by atoms with Crippen molar-refractivity contribution < 1.29 is 4.79 Å². The van der Waals surface area contributed by atoms with Gasteiger partial charge in [0.1, 0.15) is 0 Å². The highest BCUT2D eigenvalue weighted by Crippen LogP contribution is 2.11. The predicted molar refractivity (Wildman–Crippen MR) is 66.2 cm³/mol. The van der Waals surface area contributed by atoms with Crippen molar-refractivity contribution in [1.82, 2.24) is 10.2 Å². The second kappa shape index (κ2) is 6.86. The van der Waals surface area contributed by atoms with Crippen molar-refractivity contribution in [2.24, 2.45) is 5.73 Å². The Hall–Kier alpha value is -0.610. The van der Waals surface area contributed by atoms with E-state index in [1.807, 2.05) is 6.92 Å². The predicted octanol–water partition coefficient (Wildman–Crippen LogP) is 0.714. The minimum atomic E-state index is -0.0507. The zero-order valence-electron chi connectivity index (χ0n) is 10.5. The molecule has 0 bridgehead atoms. The molecule has 4 nitrogen and oxygen atoms in total. The molecule has 2 unspecified atom stereocenters. The van der Waals surface area contributed by atoms with Crippen LogP contribution < -0.4 is 11.1 Å². The largest absolute Gasteiger partial charge is 0.354 e. The zero-order chi connectivity index (χ0) is 12.0. The molecule has 4 heteroatoms. The third-order valence-electron chi connectivity index (χ3n) is 3.12. The SMILES string of the molecule is CC(N)CC(=O)NCC(C)N1CCCCC1. The van der Waals surface area contributed by atoms with Crippen molar-refractivity contribution in [3.8, 4) is 0 Å². The fraction of sp³-hybridized carbons (Fsp3) is 0.917. The molecule has 16 heavy (non-hydrogen) atoms. The van der Waals surface area contributed by atoms with Crippen LogP contribution in [0.2, 0.25) is 0 Å². The zero-order valence-corrected chi connectivity index (χ0v) is 10.5. The van der Waals surface area contributed by atoms with Gasteiger partial charge in [-0.05, 0) is 39.8 Å². The molecule has 1 aliphatic heterocycles. The maximum Gasteiger partial charge on any atom is 0.221 e. The molecule has 0 saturated carbocycles. The number of nitrogens with zero attached hydrogens (tertiary/aromatic N) is 1. The second-order valence-electron chi connectivity index (χ2n) is 4.93. The first-order chi connectivity index (χ1) is 7.59. The highest BCUT2D eigenvalue weighted by atomic mass is 16.1. The van der Waals surface area contributed by atoms with Crippen molar-refractivity contribution in [2.45, 2.75) is 51.6 Å². The molecule has 0 radical (unpaired) electrons.